The monoisotopic (exact) mass is 298 g/mol. The number of carbonyl (C=O) groups excluding carboxylic acids is 1. The van der Waals surface area contributed by atoms with Crippen LogP contribution in [-0.2, 0) is 0 Å². The molecule has 1 aromatic carbocycles. The standard InChI is InChI=1S/C12H12F2N4OS/c1-2-6-15-12-18-17-11(20-12)10(19)16-9-7(13)4-3-5-8(9)14/h3-5H,2,6H2,1H3,(H,15,18)(H,16,19). The van der Waals surface area contributed by atoms with Gasteiger partial charge >= 0.3 is 0 Å². The van der Waals surface area contributed by atoms with Gasteiger partial charge < -0.3 is 10.6 Å². The van der Waals surface area contributed by atoms with Gasteiger partial charge in [-0.2, -0.15) is 0 Å². The minimum absolute atomic E-state index is 0.0336. The van der Waals surface area contributed by atoms with Crippen LogP contribution in [0.4, 0.5) is 19.6 Å². The molecular weight excluding hydrogens is 286 g/mol. The van der Waals surface area contributed by atoms with Gasteiger partial charge in [0.2, 0.25) is 10.1 Å². The molecule has 2 rings (SSSR count). The molecule has 0 saturated carbocycles. The lowest BCUT2D eigenvalue weighted by atomic mass is 10.3. The SMILES string of the molecule is CCCNc1nnc(C(=O)Nc2c(F)cccc2F)s1. The van der Waals surface area contributed by atoms with Crippen molar-refractivity contribution in [1.82, 2.24) is 10.2 Å². The van der Waals surface area contributed by atoms with Gasteiger partial charge in [-0.05, 0) is 18.6 Å². The highest BCUT2D eigenvalue weighted by Crippen LogP contribution is 2.21. The van der Waals surface area contributed by atoms with E-state index in [-0.39, 0.29) is 5.01 Å². The van der Waals surface area contributed by atoms with Crippen LogP contribution in [-0.4, -0.2) is 22.6 Å². The van der Waals surface area contributed by atoms with Crippen molar-refractivity contribution in [2.45, 2.75) is 13.3 Å². The van der Waals surface area contributed by atoms with E-state index >= 15 is 0 Å². The van der Waals surface area contributed by atoms with Crippen LogP contribution in [0.15, 0.2) is 18.2 Å². The highest BCUT2D eigenvalue weighted by molar-refractivity contribution is 7.17. The van der Waals surface area contributed by atoms with E-state index in [9.17, 15) is 13.6 Å². The van der Waals surface area contributed by atoms with Crippen LogP contribution < -0.4 is 10.6 Å². The van der Waals surface area contributed by atoms with Crippen molar-refractivity contribution in [1.29, 1.82) is 0 Å². The molecule has 2 aromatic rings. The zero-order valence-electron chi connectivity index (χ0n) is 10.6. The summed E-state index contributed by atoms with van der Waals surface area (Å²) in [5.74, 6) is -2.38. The Morgan fingerprint density at radius 1 is 1.30 bits per heavy atom. The third-order valence-electron chi connectivity index (χ3n) is 2.35. The molecule has 0 unspecified atom stereocenters. The number of hydrogen-bond acceptors (Lipinski definition) is 5. The summed E-state index contributed by atoms with van der Waals surface area (Å²) in [6.07, 6.45) is 0.904. The molecule has 0 aliphatic rings. The van der Waals surface area contributed by atoms with Crippen LogP contribution in [0.25, 0.3) is 0 Å². The highest BCUT2D eigenvalue weighted by atomic mass is 32.1. The Morgan fingerprint density at radius 3 is 2.65 bits per heavy atom. The fourth-order valence-corrected chi connectivity index (χ4v) is 2.07. The molecule has 1 amide bonds. The summed E-state index contributed by atoms with van der Waals surface area (Å²) in [5.41, 5.74) is -0.490. The maximum absolute atomic E-state index is 13.4. The maximum atomic E-state index is 13.4. The number of anilines is 2. The lowest BCUT2D eigenvalue weighted by Crippen LogP contribution is -2.14. The summed E-state index contributed by atoms with van der Waals surface area (Å²) in [6, 6.07) is 3.35. The summed E-state index contributed by atoms with van der Waals surface area (Å²) in [6.45, 7) is 2.70. The molecular formula is C12H12F2N4OS. The molecule has 0 spiro atoms. The number of nitrogens with one attached hydrogen (secondary N) is 2. The van der Waals surface area contributed by atoms with Gasteiger partial charge in [0.25, 0.3) is 5.91 Å². The lowest BCUT2D eigenvalue weighted by molar-refractivity contribution is 0.102. The van der Waals surface area contributed by atoms with E-state index in [1.807, 2.05) is 6.92 Å². The van der Waals surface area contributed by atoms with Crippen molar-refractivity contribution >= 4 is 28.1 Å². The number of aromatic nitrogens is 2. The van der Waals surface area contributed by atoms with E-state index in [2.05, 4.69) is 20.8 Å². The number of nitrogens with zero attached hydrogens (tertiary/aromatic N) is 2. The van der Waals surface area contributed by atoms with Crippen LogP contribution >= 0.6 is 11.3 Å². The molecule has 0 aliphatic carbocycles. The zero-order valence-corrected chi connectivity index (χ0v) is 11.4. The Morgan fingerprint density at radius 2 is 2.00 bits per heavy atom. The van der Waals surface area contributed by atoms with Gasteiger partial charge in [-0.15, -0.1) is 10.2 Å². The van der Waals surface area contributed by atoms with Crippen LogP contribution in [0.3, 0.4) is 0 Å². The van der Waals surface area contributed by atoms with Crippen LogP contribution in [0, 0.1) is 11.6 Å². The third-order valence-corrected chi connectivity index (χ3v) is 3.23. The second-order valence-corrected chi connectivity index (χ2v) is 4.87. The predicted molar refractivity (Wildman–Crippen MR) is 73.0 cm³/mol. The molecule has 0 radical (unpaired) electrons. The first-order valence-corrected chi connectivity index (χ1v) is 6.76. The topological polar surface area (TPSA) is 66.9 Å². The fraction of sp³-hybridized carbons (Fsp3) is 0.250. The molecule has 8 heteroatoms. The van der Waals surface area contributed by atoms with Crippen molar-refractivity contribution in [2.24, 2.45) is 0 Å². The smallest absolute Gasteiger partial charge is 0.286 e. The number of rotatable bonds is 5. The summed E-state index contributed by atoms with van der Waals surface area (Å²) < 4.78 is 26.8. The lowest BCUT2D eigenvalue weighted by Gasteiger charge is -2.04. The molecule has 0 fully saturated rings. The number of carbonyl (C=O) groups is 1. The van der Waals surface area contributed by atoms with Gasteiger partial charge in [0.05, 0.1) is 0 Å². The summed E-state index contributed by atoms with van der Waals surface area (Å²) in [5, 5.41) is 13.1. The van der Waals surface area contributed by atoms with E-state index in [4.69, 9.17) is 0 Å². The molecule has 2 N–H and O–H groups in total. The van der Waals surface area contributed by atoms with Gasteiger partial charge in [-0.25, -0.2) is 8.78 Å². The number of hydrogen-bond donors (Lipinski definition) is 2. The Kier molecular flexibility index (Phi) is 4.57. The normalized spacial score (nSPS) is 10.3. The van der Waals surface area contributed by atoms with Gasteiger partial charge in [-0.1, -0.05) is 24.3 Å². The molecule has 106 valence electrons. The van der Waals surface area contributed by atoms with Gasteiger partial charge in [-0.3, -0.25) is 4.79 Å². The van der Waals surface area contributed by atoms with Gasteiger partial charge in [0, 0.05) is 6.54 Å². The molecule has 1 heterocycles. The highest BCUT2D eigenvalue weighted by Gasteiger charge is 2.17. The number of amides is 1. The maximum Gasteiger partial charge on any atom is 0.286 e. The van der Waals surface area contributed by atoms with Crippen molar-refractivity contribution in [3.8, 4) is 0 Å². The third kappa shape index (κ3) is 3.27. The number of halogens is 2. The Hall–Kier alpha value is -2.09. The van der Waals surface area contributed by atoms with Crippen LogP contribution in [0.5, 0.6) is 0 Å². The summed E-state index contributed by atoms with van der Waals surface area (Å²) in [4.78, 5) is 11.8. The van der Waals surface area contributed by atoms with E-state index in [1.54, 1.807) is 0 Å². The minimum atomic E-state index is -0.841. The van der Waals surface area contributed by atoms with Gasteiger partial charge in [0.1, 0.15) is 17.3 Å². The Labute approximate surface area is 118 Å². The molecule has 5 nitrogen and oxygen atoms in total. The predicted octanol–water partition coefficient (Wildman–Crippen LogP) is 2.89. The largest absolute Gasteiger partial charge is 0.360 e. The molecule has 0 bridgehead atoms. The Bertz CT molecular complexity index is 597. The number of benzene rings is 1. The first kappa shape index (κ1) is 14.3. The second-order valence-electron chi connectivity index (χ2n) is 3.89. The average Bonchev–Trinajstić information content (AvgIpc) is 2.89. The quantitative estimate of drug-likeness (QED) is 0.890. The van der Waals surface area contributed by atoms with Crippen molar-refractivity contribution in [3.05, 3.63) is 34.8 Å². The summed E-state index contributed by atoms with van der Waals surface area (Å²) in [7, 11) is 0. The molecule has 0 saturated heterocycles. The fourth-order valence-electron chi connectivity index (χ4n) is 1.40. The van der Waals surface area contributed by atoms with E-state index in [0.717, 1.165) is 29.9 Å². The molecule has 1 aromatic heterocycles. The first-order valence-electron chi connectivity index (χ1n) is 5.94. The number of para-hydroxylation sites is 1. The molecule has 20 heavy (non-hydrogen) atoms. The van der Waals surface area contributed by atoms with E-state index < -0.39 is 23.2 Å². The zero-order chi connectivity index (χ0) is 14.5. The molecule has 0 aliphatic heterocycles. The van der Waals surface area contributed by atoms with E-state index in [0.29, 0.717) is 11.7 Å². The van der Waals surface area contributed by atoms with Crippen LogP contribution in [0.2, 0.25) is 0 Å². The van der Waals surface area contributed by atoms with Crippen molar-refractivity contribution < 1.29 is 13.6 Å². The van der Waals surface area contributed by atoms with Gasteiger partial charge in [0.15, 0.2) is 0 Å². The first-order chi connectivity index (χ1) is 9.61. The summed E-state index contributed by atoms with van der Waals surface area (Å²) >= 11 is 1.02. The second kappa shape index (κ2) is 6.38. The van der Waals surface area contributed by atoms with E-state index in [1.165, 1.54) is 6.07 Å². The minimum Gasteiger partial charge on any atom is -0.360 e. The van der Waals surface area contributed by atoms with Crippen molar-refractivity contribution in [3.63, 3.8) is 0 Å². The average molecular weight is 298 g/mol. The van der Waals surface area contributed by atoms with Crippen LogP contribution in [0.1, 0.15) is 23.1 Å². The molecule has 0 atom stereocenters. The Balaban J connectivity index is 2.10. The van der Waals surface area contributed by atoms with Crippen molar-refractivity contribution in [2.75, 3.05) is 17.2 Å².